The minimum atomic E-state index is -0.703. The summed E-state index contributed by atoms with van der Waals surface area (Å²) in [7, 11) is 0. The van der Waals surface area contributed by atoms with Crippen LogP contribution in [0.1, 0.15) is 16.4 Å². The first kappa shape index (κ1) is 21.3. The van der Waals surface area contributed by atoms with Crippen molar-refractivity contribution in [2.75, 3.05) is 13.2 Å². The van der Waals surface area contributed by atoms with Crippen molar-refractivity contribution in [3.8, 4) is 0 Å². The van der Waals surface area contributed by atoms with E-state index in [0.29, 0.717) is 18.8 Å². The van der Waals surface area contributed by atoms with Crippen LogP contribution < -0.4 is 5.32 Å². The van der Waals surface area contributed by atoms with E-state index in [-0.39, 0.29) is 5.70 Å². The molecule has 10 heteroatoms. The Hall–Kier alpha value is -3.92. The van der Waals surface area contributed by atoms with Gasteiger partial charge in [-0.25, -0.2) is 9.78 Å². The summed E-state index contributed by atoms with van der Waals surface area (Å²) in [5.41, 5.74) is 1.83. The van der Waals surface area contributed by atoms with Crippen LogP contribution in [0.25, 0.3) is 22.0 Å². The highest BCUT2D eigenvalue weighted by atomic mass is 32.1. The number of benzene rings is 2. The zero-order valence-electron chi connectivity index (χ0n) is 17.3. The van der Waals surface area contributed by atoms with Crippen molar-refractivity contribution in [1.29, 1.82) is 0 Å². The zero-order chi connectivity index (χ0) is 22.3. The lowest BCUT2D eigenvalue weighted by Gasteiger charge is -2.09. The molecule has 32 heavy (non-hydrogen) atoms. The molecular formula is C22H20N6O3S. The van der Waals surface area contributed by atoms with E-state index in [1.807, 2.05) is 54.6 Å². The molecule has 0 radical (unpaired) electrons. The molecular weight excluding hydrogens is 428 g/mol. The lowest BCUT2D eigenvalue weighted by molar-refractivity contribution is -0.143. The number of thiazole rings is 1. The number of amides is 1. The Balaban J connectivity index is 1.33. The highest BCUT2D eigenvalue weighted by Crippen LogP contribution is 2.21. The molecule has 4 aromatic rings. The molecule has 0 aliphatic heterocycles. The topological polar surface area (TPSA) is 112 Å². The minimum absolute atomic E-state index is 0.112. The predicted molar refractivity (Wildman–Crippen MR) is 120 cm³/mol. The summed E-state index contributed by atoms with van der Waals surface area (Å²) in [5.74, 6) is -0.679. The Bertz CT molecular complexity index is 1230. The van der Waals surface area contributed by atoms with Crippen molar-refractivity contribution in [2.24, 2.45) is 0 Å². The van der Waals surface area contributed by atoms with Crippen molar-refractivity contribution >= 4 is 45.2 Å². The molecule has 9 nitrogen and oxygen atoms in total. The lowest BCUT2D eigenvalue weighted by atomic mass is 10.2. The maximum absolute atomic E-state index is 12.7. The molecule has 0 saturated heterocycles. The van der Waals surface area contributed by atoms with E-state index in [2.05, 4.69) is 25.8 Å². The molecule has 0 bridgehead atoms. The van der Waals surface area contributed by atoms with E-state index in [0.717, 1.165) is 20.8 Å². The van der Waals surface area contributed by atoms with Gasteiger partial charge in [0.2, 0.25) is 0 Å². The van der Waals surface area contributed by atoms with Crippen LogP contribution in [-0.4, -0.2) is 50.2 Å². The summed E-state index contributed by atoms with van der Waals surface area (Å²) >= 11 is 1.59. The van der Waals surface area contributed by atoms with Crippen molar-refractivity contribution in [3.63, 3.8) is 0 Å². The molecule has 162 valence electrons. The van der Waals surface area contributed by atoms with E-state index in [4.69, 9.17) is 4.74 Å². The van der Waals surface area contributed by atoms with E-state index in [9.17, 15) is 9.59 Å². The second-order valence-electron chi connectivity index (χ2n) is 6.83. The predicted octanol–water partition coefficient (Wildman–Crippen LogP) is 2.49. The normalized spacial score (nSPS) is 11.5. The van der Waals surface area contributed by atoms with Gasteiger partial charge in [-0.3, -0.25) is 4.79 Å². The maximum atomic E-state index is 12.7. The van der Waals surface area contributed by atoms with Crippen LogP contribution in [-0.2, 0) is 20.7 Å². The van der Waals surface area contributed by atoms with Crippen molar-refractivity contribution in [1.82, 2.24) is 30.5 Å². The number of tetrazole rings is 1. The molecule has 0 fully saturated rings. The summed E-state index contributed by atoms with van der Waals surface area (Å²) in [6.07, 6.45) is 2.21. The standard InChI is InChI=1S/C22H20N6O3S/c1-15-25-26-27-28(15)18(13-16-7-3-2-4-8-16)22(30)31-14-20(29)23-12-11-21-24-17-9-5-6-10-19(17)32-21/h2-10,13H,11-12,14H2,1H3,(H,23,29)/b18-13-. The number of carbonyl (C=O) groups is 2. The fraction of sp³-hybridized carbons (Fsp3) is 0.182. The molecule has 0 saturated carbocycles. The van der Waals surface area contributed by atoms with Gasteiger partial charge < -0.3 is 10.1 Å². The van der Waals surface area contributed by atoms with Crippen molar-refractivity contribution in [3.05, 3.63) is 71.0 Å². The van der Waals surface area contributed by atoms with Gasteiger partial charge in [-0.2, -0.15) is 4.68 Å². The third-order valence-electron chi connectivity index (χ3n) is 4.50. The summed E-state index contributed by atoms with van der Waals surface area (Å²) in [5, 5.41) is 14.9. The Kier molecular flexibility index (Phi) is 6.61. The molecule has 2 aromatic heterocycles. The molecule has 0 aliphatic rings. The maximum Gasteiger partial charge on any atom is 0.357 e. The first-order chi connectivity index (χ1) is 15.6. The third-order valence-corrected chi connectivity index (χ3v) is 5.60. The van der Waals surface area contributed by atoms with Gasteiger partial charge >= 0.3 is 5.97 Å². The van der Waals surface area contributed by atoms with Gasteiger partial charge in [-0.05, 0) is 41.1 Å². The second kappa shape index (κ2) is 9.92. The van der Waals surface area contributed by atoms with Crippen molar-refractivity contribution < 1.29 is 14.3 Å². The average molecular weight is 449 g/mol. The smallest absolute Gasteiger partial charge is 0.357 e. The average Bonchev–Trinajstić information content (AvgIpc) is 3.42. The highest BCUT2D eigenvalue weighted by Gasteiger charge is 2.19. The van der Waals surface area contributed by atoms with Crippen molar-refractivity contribution in [2.45, 2.75) is 13.3 Å². The molecule has 0 aliphatic carbocycles. The summed E-state index contributed by atoms with van der Waals surface area (Å²) in [6.45, 7) is 1.65. The quantitative estimate of drug-likeness (QED) is 0.326. The summed E-state index contributed by atoms with van der Waals surface area (Å²) in [6, 6.07) is 17.1. The van der Waals surface area contributed by atoms with Gasteiger partial charge in [0.25, 0.3) is 5.91 Å². The number of aromatic nitrogens is 5. The summed E-state index contributed by atoms with van der Waals surface area (Å²) in [4.78, 5) is 29.4. The fourth-order valence-electron chi connectivity index (χ4n) is 2.96. The summed E-state index contributed by atoms with van der Waals surface area (Å²) < 4.78 is 7.61. The van der Waals surface area contributed by atoms with Gasteiger partial charge in [0, 0.05) is 13.0 Å². The number of ether oxygens (including phenoxy) is 1. The SMILES string of the molecule is Cc1nnnn1/C(=C\c1ccccc1)C(=O)OCC(=O)NCCc1nc2ccccc2s1. The highest BCUT2D eigenvalue weighted by molar-refractivity contribution is 7.18. The van der Waals surface area contributed by atoms with Gasteiger partial charge in [0.15, 0.2) is 18.1 Å². The monoisotopic (exact) mass is 448 g/mol. The van der Waals surface area contributed by atoms with Crippen LogP contribution in [0, 0.1) is 6.92 Å². The number of esters is 1. The Morgan fingerprint density at radius 2 is 1.91 bits per heavy atom. The molecule has 0 atom stereocenters. The molecule has 0 spiro atoms. The first-order valence-corrected chi connectivity index (χ1v) is 10.7. The van der Waals surface area contributed by atoms with Gasteiger partial charge in [0.1, 0.15) is 0 Å². The number of nitrogens with zero attached hydrogens (tertiary/aromatic N) is 5. The largest absolute Gasteiger partial charge is 0.451 e. The Labute approximate surface area is 187 Å². The molecule has 1 amide bonds. The minimum Gasteiger partial charge on any atom is -0.451 e. The van der Waals surface area contributed by atoms with Gasteiger partial charge in [-0.15, -0.1) is 16.4 Å². The molecule has 4 rings (SSSR count). The first-order valence-electron chi connectivity index (χ1n) is 9.90. The molecule has 2 aromatic carbocycles. The molecule has 2 heterocycles. The van der Waals surface area contributed by atoms with Crippen LogP contribution in [0.2, 0.25) is 0 Å². The number of aryl methyl sites for hydroxylation is 1. The Morgan fingerprint density at radius 1 is 1.12 bits per heavy atom. The number of rotatable bonds is 8. The van der Waals surface area contributed by atoms with Gasteiger partial charge in [0.05, 0.1) is 15.2 Å². The van der Waals surface area contributed by atoms with Crippen LogP contribution in [0.4, 0.5) is 0 Å². The number of fused-ring (bicyclic) bond motifs is 1. The van der Waals surface area contributed by atoms with Crippen LogP contribution in [0.5, 0.6) is 0 Å². The Morgan fingerprint density at radius 3 is 2.66 bits per heavy atom. The van der Waals surface area contributed by atoms with Crippen LogP contribution in [0.15, 0.2) is 54.6 Å². The number of para-hydroxylation sites is 1. The number of hydrogen-bond acceptors (Lipinski definition) is 8. The number of nitrogens with one attached hydrogen (secondary N) is 1. The third kappa shape index (κ3) is 5.22. The molecule has 1 N–H and O–H groups in total. The lowest BCUT2D eigenvalue weighted by Crippen LogP contribution is -2.31. The van der Waals surface area contributed by atoms with Gasteiger partial charge in [-0.1, -0.05) is 42.5 Å². The molecule has 0 unspecified atom stereocenters. The van der Waals surface area contributed by atoms with Crippen LogP contribution in [0.3, 0.4) is 0 Å². The number of carbonyl (C=O) groups excluding carboxylic acids is 2. The fourth-order valence-corrected chi connectivity index (χ4v) is 3.93. The van der Waals surface area contributed by atoms with E-state index < -0.39 is 18.5 Å². The number of hydrogen-bond donors (Lipinski definition) is 1. The van der Waals surface area contributed by atoms with Crippen LogP contribution >= 0.6 is 11.3 Å². The second-order valence-corrected chi connectivity index (χ2v) is 7.94. The van der Waals surface area contributed by atoms with E-state index >= 15 is 0 Å². The zero-order valence-corrected chi connectivity index (χ0v) is 18.1. The van der Waals surface area contributed by atoms with E-state index in [1.165, 1.54) is 4.68 Å². The van der Waals surface area contributed by atoms with E-state index in [1.54, 1.807) is 24.3 Å².